The zero-order valence-electron chi connectivity index (χ0n) is 16.2. The molecule has 154 valence electrons. The second kappa shape index (κ2) is 8.49. The molecule has 6 nitrogen and oxygen atoms in total. The number of ether oxygens (including phenoxy) is 1. The monoisotopic (exact) mass is 471 g/mol. The van der Waals surface area contributed by atoms with E-state index in [0.29, 0.717) is 27.5 Å². The summed E-state index contributed by atoms with van der Waals surface area (Å²) in [4.78, 5) is 32.0. The maximum Gasteiger partial charge on any atom is 0.339 e. The molecule has 0 saturated carbocycles. The summed E-state index contributed by atoms with van der Waals surface area (Å²) < 4.78 is 19.8. The summed E-state index contributed by atoms with van der Waals surface area (Å²) in [6.07, 6.45) is 0.736. The lowest BCUT2D eigenvalue weighted by molar-refractivity contribution is -0.119. The topological polar surface area (TPSA) is 71.5 Å². The van der Waals surface area contributed by atoms with Crippen LogP contribution in [0.5, 0.6) is 0 Å². The second-order valence-corrected chi connectivity index (χ2v) is 8.08. The van der Waals surface area contributed by atoms with Crippen LogP contribution < -0.4 is 5.32 Å². The van der Waals surface area contributed by atoms with Crippen molar-refractivity contribution in [2.75, 3.05) is 25.5 Å². The molecule has 0 unspecified atom stereocenters. The van der Waals surface area contributed by atoms with Crippen LogP contribution in [0.3, 0.4) is 0 Å². The van der Waals surface area contributed by atoms with Crippen LogP contribution in [0.15, 0.2) is 46.9 Å². The van der Waals surface area contributed by atoms with Crippen LogP contribution in [0.2, 0.25) is 0 Å². The molecule has 0 saturated heterocycles. The Kier molecular flexibility index (Phi) is 5.78. The van der Waals surface area contributed by atoms with E-state index in [1.54, 1.807) is 6.07 Å². The third kappa shape index (κ3) is 4.20. The minimum absolute atomic E-state index is 0.0209. The average Bonchev–Trinajstić information content (AvgIpc) is 2.72. The molecule has 2 heterocycles. The second-order valence-electron chi connectivity index (χ2n) is 7.17. The van der Waals surface area contributed by atoms with E-state index in [1.165, 1.54) is 12.1 Å². The van der Waals surface area contributed by atoms with Gasteiger partial charge < -0.3 is 15.0 Å². The number of carbonyl (C=O) groups is 2. The highest BCUT2D eigenvalue weighted by atomic mass is 79.9. The van der Waals surface area contributed by atoms with Crippen LogP contribution in [0.25, 0.3) is 10.9 Å². The van der Waals surface area contributed by atoms with E-state index in [-0.39, 0.29) is 5.69 Å². The van der Waals surface area contributed by atoms with E-state index in [0.717, 1.165) is 24.2 Å². The highest BCUT2D eigenvalue weighted by Crippen LogP contribution is 2.28. The average molecular weight is 472 g/mol. The van der Waals surface area contributed by atoms with Crippen molar-refractivity contribution in [1.82, 2.24) is 9.88 Å². The van der Waals surface area contributed by atoms with Crippen molar-refractivity contribution >= 4 is 44.4 Å². The van der Waals surface area contributed by atoms with E-state index in [4.69, 9.17) is 9.72 Å². The lowest BCUT2D eigenvalue weighted by atomic mass is 9.96. The summed E-state index contributed by atoms with van der Waals surface area (Å²) in [6, 6.07) is 11.7. The van der Waals surface area contributed by atoms with Crippen molar-refractivity contribution < 1.29 is 18.7 Å². The van der Waals surface area contributed by atoms with Gasteiger partial charge in [0.2, 0.25) is 0 Å². The van der Waals surface area contributed by atoms with Gasteiger partial charge in [-0.05, 0) is 31.3 Å². The van der Waals surface area contributed by atoms with Crippen LogP contribution in [-0.2, 0) is 22.5 Å². The number of carbonyl (C=O) groups excluding carboxylic acids is 2. The lowest BCUT2D eigenvalue weighted by Gasteiger charge is -2.26. The molecule has 1 N–H and O–H groups in total. The van der Waals surface area contributed by atoms with Crippen LogP contribution in [-0.4, -0.2) is 42.0 Å². The Bertz CT molecular complexity index is 1150. The number of halogens is 2. The van der Waals surface area contributed by atoms with Crippen molar-refractivity contribution in [3.8, 4) is 0 Å². The number of esters is 1. The van der Waals surface area contributed by atoms with Crippen LogP contribution in [0.1, 0.15) is 21.6 Å². The highest BCUT2D eigenvalue weighted by Gasteiger charge is 2.25. The molecule has 0 fully saturated rings. The number of nitrogens with one attached hydrogen (secondary N) is 1. The maximum absolute atomic E-state index is 13.9. The first kappa shape index (κ1) is 20.4. The van der Waals surface area contributed by atoms with Gasteiger partial charge in [-0.25, -0.2) is 9.18 Å². The van der Waals surface area contributed by atoms with Gasteiger partial charge in [0, 0.05) is 40.6 Å². The van der Waals surface area contributed by atoms with Gasteiger partial charge in [-0.1, -0.05) is 34.1 Å². The lowest BCUT2D eigenvalue weighted by Crippen LogP contribution is -2.30. The fourth-order valence-corrected chi connectivity index (χ4v) is 3.87. The van der Waals surface area contributed by atoms with E-state index in [2.05, 4.69) is 26.1 Å². The van der Waals surface area contributed by atoms with Gasteiger partial charge in [0.05, 0.1) is 16.8 Å². The fourth-order valence-electron chi connectivity index (χ4n) is 3.54. The number of likely N-dealkylation sites (N-methyl/N-ethyl adjacent to an activating group) is 1. The molecule has 0 spiro atoms. The summed E-state index contributed by atoms with van der Waals surface area (Å²) in [7, 11) is 1.98. The molecule has 1 aliphatic rings. The number of pyridine rings is 1. The zero-order valence-corrected chi connectivity index (χ0v) is 17.8. The number of rotatable bonds is 4. The molecule has 4 rings (SSSR count). The highest BCUT2D eigenvalue weighted by molar-refractivity contribution is 9.10. The Morgan fingerprint density at radius 2 is 2.07 bits per heavy atom. The number of fused-ring (bicyclic) bond motifs is 2. The van der Waals surface area contributed by atoms with E-state index in [9.17, 15) is 14.0 Å². The molecule has 0 bridgehead atoms. The van der Waals surface area contributed by atoms with Gasteiger partial charge in [0.1, 0.15) is 5.82 Å². The first-order chi connectivity index (χ1) is 14.4. The van der Waals surface area contributed by atoms with Crippen molar-refractivity contribution in [1.29, 1.82) is 0 Å². The first-order valence-corrected chi connectivity index (χ1v) is 10.2. The third-order valence-electron chi connectivity index (χ3n) is 4.98. The zero-order chi connectivity index (χ0) is 21.3. The number of hydrogen-bond donors (Lipinski definition) is 1. The Labute approximate surface area is 181 Å². The third-order valence-corrected chi connectivity index (χ3v) is 5.47. The van der Waals surface area contributed by atoms with Gasteiger partial charge in [-0.15, -0.1) is 0 Å². The summed E-state index contributed by atoms with van der Waals surface area (Å²) in [6.45, 7) is 0.914. The molecule has 1 aliphatic heterocycles. The number of hydrogen-bond acceptors (Lipinski definition) is 5. The van der Waals surface area contributed by atoms with Crippen molar-refractivity contribution in [3.05, 3.63) is 69.6 Å². The predicted molar refractivity (Wildman–Crippen MR) is 115 cm³/mol. The van der Waals surface area contributed by atoms with Gasteiger partial charge in [0.25, 0.3) is 5.91 Å². The standard InChI is InChI=1S/C22H19BrFN3O3/c1-27-9-8-18-15(11-27)21(14-4-2-3-5-17(14)25-18)22(29)30-12-20(28)26-19-7-6-13(23)10-16(19)24/h2-7,10H,8-9,11-12H2,1H3,(H,26,28). The summed E-state index contributed by atoms with van der Waals surface area (Å²) in [5.41, 5.74) is 2.87. The molecule has 1 aromatic heterocycles. The summed E-state index contributed by atoms with van der Waals surface area (Å²) >= 11 is 3.16. The van der Waals surface area contributed by atoms with Gasteiger partial charge in [0.15, 0.2) is 6.61 Å². The molecule has 3 aromatic rings. The van der Waals surface area contributed by atoms with Gasteiger partial charge >= 0.3 is 5.97 Å². The predicted octanol–water partition coefficient (Wildman–Crippen LogP) is 3.92. The smallest absolute Gasteiger partial charge is 0.339 e. The number of para-hydroxylation sites is 1. The normalized spacial score (nSPS) is 13.7. The van der Waals surface area contributed by atoms with Gasteiger partial charge in [-0.3, -0.25) is 9.78 Å². The van der Waals surface area contributed by atoms with E-state index in [1.807, 2.05) is 31.3 Å². The quantitative estimate of drug-likeness (QED) is 0.583. The summed E-state index contributed by atoms with van der Waals surface area (Å²) in [5.74, 6) is -1.79. The van der Waals surface area contributed by atoms with Crippen molar-refractivity contribution in [2.45, 2.75) is 13.0 Å². The van der Waals surface area contributed by atoms with E-state index < -0.39 is 24.3 Å². The molecular formula is C22H19BrFN3O3. The van der Waals surface area contributed by atoms with Crippen LogP contribution in [0, 0.1) is 5.82 Å². The SMILES string of the molecule is CN1CCc2nc3ccccc3c(C(=O)OCC(=O)Nc3ccc(Br)cc3F)c2C1. The molecule has 0 radical (unpaired) electrons. The number of aromatic nitrogens is 1. The number of amides is 1. The number of nitrogens with zero attached hydrogens (tertiary/aromatic N) is 2. The summed E-state index contributed by atoms with van der Waals surface area (Å²) in [5, 5.41) is 3.11. The fraction of sp³-hybridized carbons (Fsp3) is 0.227. The molecule has 30 heavy (non-hydrogen) atoms. The minimum atomic E-state index is -0.617. The van der Waals surface area contributed by atoms with Crippen LogP contribution >= 0.6 is 15.9 Å². The Morgan fingerprint density at radius 1 is 1.27 bits per heavy atom. The first-order valence-electron chi connectivity index (χ1n) is 9.43. The molecule has 0 atom stereocenters. The maximum atomic E-state index is 13.9. The van der Waals surface area contributed by atoms with Crippen LogP contribution in [0.4, 0.5) is 10.1 Å². The Hall–Kier alpha value is -2.84. The minimum Gasteiger partial charge on any atom is -0.452 e. The molecule has 0 aliphatic carbocycles. The molecule has 1 amide bonds. The largest absolute Gasteiger partial charge is 0.452 e. The molecule has 8 heteroatoms. The molecular weight excluding hydrogens is 453 g/mol. The number of benzene rings is 2. The number of anilines is 1. The Balaban J connectivity index is 1.56. The van der Waals surface area contributed by atoms with E-state index >= 15 is 0 Å². The van der Waals surface area contributed by atoms with Gasteiger partial charge in [-0.2, -0.15) is 0 Å². The van der Waals surface area contributed by atoms with Crippen molar-refractivity contribution in [3.63, 3.8) is 0 Å². The molecule has 2 aromatic carbocycles. The van der Waals surface area contributed by atoms with Crippen molar-refractivity contribution in [2.24, 2.45) is 0 Å². The Morgan fingerprint density at radius 3 is 2.87 bits per heavy atom.